The normalized spacial score (nSPS) is 10.5. The molecular weight excluding hydrogens is 385 g/mol. The summed E-state index contributed by atoms with van der Waals surface area (Å²) < 4.78 is 6.24. The molecule has 1 aromatic heterocycles. The Bertz CT molecular complexity index is 569. The van der Waals surface area contributed by atoms with E-state index >= 15 is 0 Å². The molecule has 5 heteroatoms. The standard InChI is InChI=1S/C15H16INO2S/c1-11-4-5-13(14(16)9-11)15(18)17-6-8-20-10-12-3-2-7-19-12/h2-5,7,9H,6,8,10H2,1H3,(H,17,18). The molecule has 0 aliphatic rings. The van der Waals surface area contributed by atoms with Gasteiger partial charge in [0.05, 0.1) is 17.6 Å². The van der Waals surface area contributed by atoms with Crippen molar-refractivity contribution in [2.75, 3.05) is 12.3 Å². The summed E-state index contributed by atoms with van der Waals surface area (Å²) in [5, 5.41) is 2.94. The Morgan fingerprint density at radius 1 is 1.40 bits per heavy atom. The van der Waals surface area contributed by atoms with Crippen LogP contribution in [0.15, 0.2) is 41.0 Å². The lowest BCUT2D eigenvalue weighted by Crippen LogP contribution is -2.26. The molecule has 0 atom stereocenters. The van der Waals surface area contributed by atoms with Gasteiger partial charge < -0.3 is 9.73 Å². The molecule has 0 aliphatic carbocycles. The predicted molar refractivity (Wildman–Crippen MR) is 91.1 cm³/mol. The first kappa shape index (κ1) is 15.4. The number of aryl methyl sites for hydroxylation is 1. The third-order valence-corrected chi connectivity index (χ3v) is 4.60. The Morgan fingerprint density at radius 2 is 2.25 bits per heavy atom. The number of furan rings is 1. The van der Waals surface area contributed by atoms with E-state index in [-0.39, 0.29) is 5.91 Å². The molecule has 0 aliphatic heterocycles. The highest BCUT2D eigenvalue weighted by Crippen LogP contribution is 2.14. The summed E-state index contributed by atoms with van der Waals surface area (Å²) in [7, 11) is 0. The van der Waals surface area contributed by atoms with Gasteiger partial charge in [-0.25, -0.2) is 0 Å². The second-order valence-corrected chi connectivity index (χ2v) is 6.64. The SMILES string of the molecule is Cc1ccc(C(=O)NCCSCc2ccco2)c(I)c1. The minimum Gasteiger partial charge on any atom is -0.468 e. The molecule has 106 valence electrons. The zero-order valence-corrected chi connectivity index (χ0v) is 14.2. The van der Waals surface area contributed by atoms with Gasteiger partial charge in [-0.1, -0.05) is 11.6 Å². The number of amides is 1. The third-order valence-electron chi connectivity index (χ3n) is 2.73. The van der Waals surface area contributed by atoms with Crippen molar-refractivity contribution in [3.63, 3.8) is 0 Å². The molecule has 1 heterocycles. The average molecular weight is 401 g/mol. The molecule has 0 radical (unpaired) electrons. The maximum Gasteiger partial charge on any atom is 0.252 e. The third kappa shape index (κ3) is 4.56. The van der Waals surface area contributed by atoms with E-state index in [0.717, 1.165) is 26.4 Å². The zero-order chi connectivity index (χ0) is 14.4. The first-order valence-corrected chi connectivity index (χ1v) is 8.54. The molecule has 3 nitrogen and oxygen atoms in total. The van der Waals surface area contributed by atoms with Crippen LogP contribution in [0.5, 0.6) is 0 Å². The Hall–Kier alpha value is -0.950. The quantitative estimate of drug-likeness (QED) is 0.591. The summed E-state index contributed by atoms with van der Waals surface area (Å²) in [6.07, 6.45) is 1.68. The number of rotatable bonds is 6. The van der Waals surface area contributed by atoms with E-state index in [2.05, 4.69) is 27.9 Å². The fraction of sp³-hybridized carbons (Fsp3) is 0.267. The van der Waals surface area contributed by atoms with Gasteiger partial charge in [0.2, 0.25) is 0 Å². The number of nitrogens with one attached hydrogen (secondary N) is 1. The molecule has 0 unspecified atom stereocenters. The minimum absolute atomic E-state index is 0.00648. The van der Waals surface area contributed by atoms with Crippen LogP contribution in [0.1, 0.15) is 21.7 Å². The summed E-state index contributed by atoms with van der Waals surface area (Å²) in [4.78, 5) is 12.0. The van der Waals surface area contributed by atoms with Gasteiger partial charge >= 0.3 is 0 Å². The molecule has 0 spiro atoms. The maximum atomic E-state index is 12.0. The van der Waals surface area contributed by atoms with E-state index in [1.165, 1.54) is 5.56 Å². The van der Waals surface area contributed by atoms with Gasteiger partial charge in [-0.3, -0.25) is 4.79 Å². The average Bonchev–Trinajstić information content (AvgIpc) is 2.91. The van der Waals surface area contributed by atoms with Crippen LogP contribution >= 0.6 is 34.4 Å². The van der Waals surface area contributed by atoms with Crippen molar-refractivity contribution in [1.29, 1.82) is 0 Å². The van der Waals surface area contributed by atoms with Gasteiger partial charge in [0.15, 0.2) is 0 Å². The van der Waals surface area contributed by atoms with Crippen LogP contribution in [-0.2, 0) is 5.75 Å². The first-order valence-electron chi connectivity index (χ1n) is 6.31. The number of thioether (sulfide) groups is 1. The number of benzene rings is 1. The van der Waals surface area contributed by atoms with Crippen LogP contribution in [0.4, 0.5) is 0 Å². The van der Waals surface area contributed by atoms with Crippen molar-refractivity contribution in [2.45, 2.75) is 12.7 Å². The summed E-state index contributed by atoms with van der Waals surface area (Å²) in [6.45, 7) is 2.68. The maximum absolute atomic E-state index is 12.0. The zero-order valence-electron chi connectivity index (χ0n) is 11.2. The van der Waals surface area contributed by atoms with Crippen LogP contribution in [0.25, 0.3) is 0 Å². The number of halogens is 1. The lowest BCUT2D eigenvalue weighted by molar-refractivity contribution is 0.0955. The van der Waals surface area contributed by atoms with Crippen LogP contribution in [-0.4, -0.2) is 18.2 Å². The molecule has 20 heavy (non-hydrogen) atoms. The van der Waals surface area contributed by atoms with E-state index in [9.17, 15) is 4.79 Å². The van der Waals surface area contributed by atoms with Gasteiger partial charge in [-0.15, -0.1) is 0 Å². The van der Waals surface area contributed by atoms with Crippen molar-refractivity contribution in [3.8, 4) is 0 Å². The van der Waals surface area contributed by atoms with E-state index in [4.69, 9.17) is 4.42 Å². The summed E-state index contributed by atoms with van der Waals surface area (Å²) in [6, 6.07) is 9.70. The number of hydrogen-bond acceptors (Lipinski definition) is 3. The molecule has 1 N–H and O–H groups in total. The van der Waals surface area contributed by atoms with Crippen molar-refractivity contribution >= 4 is 40.3 Å². The summed E-state index contributed by atoms with van der Waals surface area (Å²) in [5.41, 5.74) is 1.91. The highest BCUT2D eigenvalue weighted by molar-refractivity contribution is 14.1. The fourth-order valence-electron chi connectivity index (χ4n) is 1.70. The number of hydrogen-bond donors (Lipinski definition) is 1. The van der Waals surface area contributed by atoms with Gasteiger partial charge in [-0.05, 0) is 53.8 Å². The van der Waals surface area contributed by atoms with Crippen LogP contribution in [0, 0.1) is 10.5 Å². The predicted octanol–water partition coefficient (Wildman–Crippen LogP) is 3.86. The molecule has 0 bridgehead atoms. The van der Waals surface area contributed by atoms with E-state index < -0.39 is 0 Å². The Balaban J connectivity index is 1.72. The molecular formula is C15H16INO2S. The highest BCUT2D eigenvalue weighted by Gasteiger charge is 2.09. The highest BCUT2D eigenvalue weighted by atomic mass is 127. The van der Waals surface area contributed by atoms with Crippen LogP contribution in [0.2, 0.25) is 0 Å². The molecule has 0 fully saturated rings. The van der Waals surface area contributed by atoms with E-state index in [1.807, 2.05) is 37.3 Å². The topological polar surface area (TPSA) is 42.2 Å². The van der Waals surface area contributed by atoms with Gasteiger partial charge in [0.25, 0.3) is 5.91 Å². The Labute approximate surface area is 136 Å². The first-order chi connectivity index (χ1) is 9.66. The van der Waals surface area contributed by atoms with Crippen LogP contribution < -0.4 is 5.32 Å². The number of carbonyl (C=O) groups excluding carboxylic acids is 1. The lowest BCUT2D eigenvalue weighted by atomic mass is 10.1. The fourth-order valence-corrected chi connectivity index (χ4v) is 3.38. The van der Waals surface area contributed by atoms with E-state index in [0.29, 0.717) is 6.54 Å². The smallest absolute Gasteiger partial charge is 0.252 e. The monoisotopic (exact) mass is 401 g/mol. The van der Waals surface area contributed by atoms with Crippen molar-refractivity contribution in [3.05, 3.63) is 57.1 Å². The van der Waals surface area contributed by atoms with Crippen molar-refractivity contribution < 1.29 is 9.21 Å². The lowest BCUT2D eigenvalue weighted by Gasteiger charge is -2.07. The largest absolute Gasteiger partial charge is 0.468 e. The van der Waals surface area contributed by atoms with E-state index in [1.54, 1.807) is 18.0 Å². The van der Waals surface area contributed by atoms with Crippen molar-refractivity contribution in [1.82, 2.24) is 5.32 Å². The Kier molecular flexibility index (Phi) is 5.97. The summed E-state index contributed by atoms with van der Waals surface area (Å²) in [5.74, 6) is 2.67. The molecule has 1 amide bonds. The molecule has 2 aromatic rings. The number of carbonyl (C=O) groups is 1. The molecule has 1 aromatic carbocycles. The minimum atomic E-state index is -0.00648. The second-order valence-electron chi connectivity index (χ2n) is 4.37. The summed E-state index contributed by atoms with van der Waals surface area (Å²) >= 11 is 3.94. The second kappa shape index (κ2) is 7.73. The van der Waals surface area contributed by atoms with Crippen LogP contribution in [0.3, 0.4) is 0 Å². The molecule has 0 saturated carbocycles. The van der Waals surface area contributed by atoms with Gasteiger partial charge in [0.1, 0.15) is 5.76 Å². The van der Waals surface area contributed by atoms with Crippen molar-refractivity contribution in [2.24, 2.45) is 0 Å². The van der Waals surface area contributed by atoms with Gasteiger partial charge in [0, 0.05) is 15.9 Å². The Morgan fingerprint density at radius 3 is 2.95 bits per heavy atom. The molecule has 0 saturated heterocycles. The molecule has 2 rings (SSSR count). The van der Waals surface area contributed by atoms with Gasteiger partial charge in [-0.2, -0.15) is 11.8 Å².